The van der Waals surface area contributed by atoms with Crippen LogP contribution < -0.4 is 16.4 Å². The number of hydrogen-bond donors (Lipinski definition) is 5. The summed E-state index contributed by atoms with van der Waals surface area (Å²) < 4.78 is 32.1. The molecular formula is C22H20F2N4O5. The number of nitrogens with one attached hydrogen (secondary N) is 3. The number of halogens is 2. The van der Waals surface area contributed by atoms with Crippen LogP contribution in [0.15, 0.2) is 46.9 Å². The minimum Gasteiger partial charge on any atom is -0.481 e. The molecule has 0 radical (unpaired) electrons. The molecule has 1 atom stereocenters. The summed E-state index contributed by atoms with van der Waals surface area (Å²) in [6.07, 6.45) is -0.731. The minimum atomic E-state index is -1.24. The van der Waals surface area contributed by atoms with Gasteiger partial charge in [-0.25, -0.2) is 8.78 Å². The number of carbonyl (C=O) groups excluding carboxylic acids is 2. The van der Waals surface area contributed by atoms with Gasteiger partial charge in [-0.3, -0.25) is 19.8 Å². The van der Waals surface area contributed by atoms with Crippen molar-refractivity contribution in [1.29, 1.82) is 5.41 Å². The van der Waals surface area contributed by atoms with Gasteiger partial charge >= 0.3 is 5.97 Å². The summed E-state index contributed by atoms with van der Waals surface area (Å²) in [5.74, 6) is -4.80. The first-order valence-corrected chi connectivity index (χ1v) is 9.76. The van der Waals surface area contributed by atoms with Gasteiger partial charge in [0.1, 0.15) is 11.4 Å². The van der Waals surface area contributed by atoms with Crippen molar-refractivity contribution in [2.24, 2.45) is 5.73 Å². The first-order chi connectivity index (χ1) is 15.6. The monoisotopic (exact) mass is 458 g/mol. The van der Waals surface area contributed by atoms with Crippen molar-refractivity contribution in [2.45, 2.75) is 18.9 Å². The highest BCUT2D eigenvalue weighted by Crippen LogP contribution is 2.21. The molecule has 1 heterocycles. The Kier molecular flexibility index (Phi) is 7.01. The third-order valence-electron chi connectivity index (χ3n) is 4.75. The van der Waals surface area contributed by atoms with Crippen LogP contribution in [0.2, 0.25) is 0 Å². The maximum absolute atomic E-state index is 13.5. The molecule has 172 valence electrons. The highest BCUT2D eigenvalue weighted by molar-refractivity contribution is 6.00. The lowest BCUT2D eigenvalue weighted by molar-refractivity contribution is -0.137. The van der Waals surface area contributed by atoms with Crippen LogP contribution in [0.4, 0.5) is 8.78 Å². The third kappa shape index (κ3) is 5.91. The summed E-state index contributed by atoms with van der Waals surface area (Å²) in [5, 5.41) is 22.1. The predicted octanol–water partition coefficient (Wildman–Crippen LogP) is 2.45. The van der Waals surface area contributed by atoms with Crippen molar-refractivity contribution in [3.8, 4) is 0 Å². The number of carbonyl (C=O) groups is 3. The van der Waals surface area contributed by atoms with Crippen molar-refractivity contribution >= 4 is 34.6 Å². The molecule has 0 aliphatic rings. The number of hydrogen-bond acceptors (Lipinski definition) is 5. The van der Waals surface area contributed by atoms with E-state index in [0.717, 1.165) is 12.1 Å². The number of rotatable bonds is 9. The maximum Gasteiger partial charge on any atom is 0.305 e. The Bertz CT molecular complexity index is 1240. The first-order valence-electron chi connectivity index (χ1n) is 9.76. The summed E-state index contributed by atoms with van der Waals surface area (Å²) >= 11 is 0. The molecule has 2 aromatic carbocycles. The van der Waals surface area contributed by atoms with E-state index in [4.69, 9.17) is 20.7 Å². The van der Waals surface area contributed by atoms with E-state index in [1.165, 1.54) is 12.1 Å². The number of carboxylic acid groups (broad SMARTS) is 1. The fourth-order valence-electron chi connectivity index (χ4n) is 3.12. The number of furan rings is 1. The largest absolute Gasteiger partial charge is 0.481 e. The lowest BCUT2D eigenvalue weighted by Crippen LogP contribution is -2.33. The summed E-state index contributed by atoms with van der Waals surface area (Å²) in [6, 6.07) is 8.02. The van der Waals surface area contributed by atoms with Gasteiger partial charge in [-0.2, -0.15) is 0 Å². The van der Waals surface area contributed by atoms with Crippen molar-refractivity contribution in [3.63, 3.8) is 0 Å². The van der Waals surface area contributed by atoms with Crippen LogP contribution in [0.3, 0.4) is 0 Å². The van der Waals surface area contributed by atoms with Crippen LogP contribution in [-0.4, -0.2) is 35.3 Å². The molecule has 1 unspecified atom stereocenters. The fourth-order valence-corrected chi connectivity index (χ4v) is 3.12. The molecule has 3 aromatic rings. The minimum absolute atomic E-state index is 0.00310. The standard InChI is InChI=1S/C22H20F2N4O5/c23-14-3-1-11(8-15(14)24)16(10-20(30)31)28-19(29)5-6-27-22(32)18-9-13-7-12(21(25)26)2-4-17(13)33-18/h1-4,7-9,16H,5-6,10H2,(H3,25,26)(H,27,32)(H,28,29)(H,30,31). The quantitative estimate of drug-likeness (QED) is 0.245. The van der Waals surface area contributed by atoms with E-state index in [9.17, 15) is 23.2 Å². The molecule has 0 saturated heterocycles. The Balaban J connectivity index is 1.58. The van der Waals surface area contributed by atoms with Gasteiger partial charge in [0.05, 0.1) is 12.5 Å². The average molecular weight is 458 g/mol. The molecule has 0 fully saturated rings. The molecule has 0 bridgehead atoms. The van der Waals surface area contributed by atoms with Crippen LogP contribution in [0.5, 0.6) is 0 Å². The Morgan fingerprint density at radius 1 is 1.09 bits per heavy atom. The maximum atomic E-state index is 13.5. The highest BCUT2D eigenvalue weighted by Gasteiger charge is 2.20. The lowest BCUT2D eigenvalue weighted by Gasteiger charge is -2.18. The van der Waals surface area contributed by atoms with Crippen LogP contribution in [0, 0.1) is 17.0 Å². The topological polar surface area (TPSA) is 159 Å². The van der Waals surface area contributed by atoms with Crippen LogP contribution in [0.1, 0.15) is 40.6 Å². The number of amidine groups is 1. The number of amides is 2. The predicted molar refractivity (Wildman–Crippen MR) is 114 cm³/mol. The van der Waals surface area contributed by atoms with E-state index in [-0.39, 0.29) is 30.1 Å². The van der Waals surface area contributed by atoms with E-state index in [2.05, 4.69) is 10.6 Å². The Labute approximate surface area is 186 Å². The van der Waals surface area contributed by atoms with Gasteiger partial charge in [-0.05, 0) is 42.0 Å². The molecule has 0 aliphatic carbocycles. The summed E-state index contributed by atoms with van der Waals surface area (Å²) in [4.78, 5) is 35.7. The van der Waals surface area contributed by atoms with E-state index in [1.54, 1.807) is 18.2 Å². The zero-order chi connectivity index (χ0) is 24.1. The molecule has 11 heteroatoms. The molecule has 0 aliphatic heterocycles. The van der Waals surface area contributed by atoms with E-state index in [0.29, 0.717) is 16.5 Å². The molecule has 3 rings (SSSR count). The number of fused-ring (bicyclic) bond motifs is 1. The normalized spacial score (nSPS) is 11.7. The molecule has 6 N–H and O–H groups in total. The summed E-state index contributed by atoms with van der Waals surface area (Å²) in [6.45, 7) is -0.0853. The Hall–Kier alpha value is -4.28. The van der Waals surface area contributed by atoms with Gasteiger partial charge in [0, 0.05) is 23.9 Å². The fraction of sp³-hybridized carbons (Fsp3) is 0.182. The third-order valence-corrected chi connectivity index (χ3v) is 4.75. The Morgan fingerprint density at radius 3 is 2.52 bits per heavy atom. The van der Waals surface area contributed by atoms with Crippen molar-refractivity contribution in [1.82, 2.24) is 10.6 Å². The number of carboxylic acids is 1. The number of benzene rings is 2. The zero-order valence-electron chi connectivity index (χ0n) is 17.2. The van der Waals surface area contributed by atoms with Crippen LogP contribution >= 0.6 is 0 Å². The van der Waals surface area contributed by atoms with E-state index in [1.807, 2.05) is 0 Å². The summed E-state index contributed by atoms with van der Waals surface area (Å²) in [5.41, 5.74) is 6.44. The van der Waals surface area contributed by atoms with Gasteiger partial charge in [0.25, 0.3) is 5.91 Å². The van der Waals surface area contributed by atoms with Gasteiger partial charge in [0.2, 0.25) is 5.91 Å². The SMILES string of the molecule is N=C(N)c1ccc2oc(C(=O)NCCC(=O)NC(CC(=O)O)c3ccc(F)c(F)c3)cc2c1. The second kappa shape index (κ2) is 9.90. The number of nitrogen functional groups attached to an aromatic ring is 1. The van der Waals surface area contributed by atoms with Gasteiger partial charge in [0.15, 0.2) is 17.4 Å². The number of nitrogens with two attached hydrogens (primary N) is 1. The number of aliphatic carboxylic acids is 1. The van der Waals surface area contributed by atoms with Crippen LogP contribution in [0.25, 0.3) is 11.0 Å². The molecule has 1 aromatic heterocycles. The average Bonchev–Trinajstić information content (AvgIpc) is 3.18. The van der Waals surface area contributed by atoms with Crippen molar-refractivity contribution < 1.29 is 32.7 Å². The van der Waals surface area contributed by atoms with E-state index >= 15 is 0 Å². The lowest BCUT2D eigenvalue weighted by atomic mass is 10.0. The second-order valence-electron chi connectivity index (χ2n) is 7.17. The molecule has 2 amide bonds. The molecule has 9 nitrogen and oxygen atoms in total. The van der Waals surface area contributed by atoms with Crippen molar-refractivity contribution in [3.05, 3.63) is 71.0 Å². The molecular weight excluding hydrogens is 438 g/mol. The van der Waals surface area contributed by atoms with Crippen LogP contribution in [-0.2, 0) is 9.59 Å². The smallest absolute Gasteiger partial charge is 0.305 e. The molecule has 33 heavy (non-hydrogen) atoms. The van der Waals surface area contributed by atoms with Gasteiger partial charge in [-0.15, -0.1) is 0 Å². The second-order valence-corrected chi connectivity index (χ2v) is 7.17. The van der Waals surface area contributed by atoms with Crippen molar-refractivity contribution in [2.75, 3.05) is 6.54 Å². The highest BCUT2D eigenvalue weighted by atomic mass is 19.2. The van der Waals surface area contributed by atoms with Gasteiger partial charge < -0.3 is 25.9 Å². The Morgan fingerprint density at radius 2 is 1.85 bits per heavy atom. The molecule has 0 spiro atoms. The molecule has 0 saturated carbocycles. The van der Waals surface area contributed by atoms with Gasteiger partial charge in [-0.1, -0.05) is 6.07 Å². The summed E-state index contributed by atoms with van der Waals surface area (Å²) in [7, 11) is 0. The van der Waals surface area contributed by atoms with E-state index < -0.39 is 41.9 Å². The first kappa shape index (κ1) is 23.4. The zero-order valence-corrected chi connectivity index (χ0v) is 17.2.